The molecule has 0 amide bonds. The van der Waals surface area contributed by atoms with Gasteiger partial charge in [0.05, 0.1) is 0 Å². The van der Waals surface area contributed by atoms with Gasteiger partial charge in [-0.3, -0.25) is 0 Å². The highest BCUT2D eigenvalue weighted by Crippen LogP contribution is 2.41. The van der Waals surface area contributed by atoms with E-state index < -0.39 is 0 Å². The second-order valence-corrected chi connectivity index (χ2v) is 6.80. The third kappa shape index (κ3) is 3.32. The molecule has 0 aromatic heterocycles. The zero-order valence-corrected chi connectivity index (χ0v) is 12.1. The summed E-state index contributed by atoms with van der Waals surface area (Å²) in [7, 11) is 0. The number of hydrogen-bond acceptors (Lipinski definition) is 1. The van der Waals surface area contributed by atoms with E-state index in [-0.39, 0.29) is 0 Å². The van der Waals surface area contributed by atoms with Crippen molar-refractivity contribution >= 4 is 5.69 Å². The number of rotatable bonds is 4. The molecule has 3 atom stereocenters. The van der Waals surface area contributed by atoms with Crippen LogP contribution < -0.4 is 5.32 Å². The Morgan fingerprint density at radius 3 is 2.53 bits per heavy atom. The second-order valence-electron chi connectivity index (χ2n) is 6.80. The van der Waals surface area contributed by atoms with E-state index >= 15 is 0 Å². The van der Waals surface area contributed by atoms with E-state index in [0.29, 0.717) is 6.04 Å². The zero-order valence-electron chi connectivity index (χ0n) is 12.1. The lowest BCUT2D eigenvalue weighted by Crippen LogP contribution is -2.15. The highest BCUT2D eigenvalue weighted by molar-refractivity contribution is 5.43. The van der Waals surface area contributed by atoms with E-state index in [1.807, 2.05) is 0 Å². The Labute approximate surface area is 117 Å². The Morgan fingerprint density at radius 2 is 1.79 bits per heavy atom. The van der Waals surface area contributed by atoms with E-state index in [0.717, 1.165) is 17.8 Å². The fraction of sp³-hybridized carbons (Fsp3) is 0.667. The number of anilines is 1. The molecule has 2 saturated carbocycles. The number of nitrogens with one attached hydrogen (secondary N) is 1. The Morgan fingerprint density at radius 1 is 1.05 bits per heavy atom. The van der Waals surface area contributed by atoms with E-state index in [1.165, 1.54) is 50.6 Å². The van der Waals surface area contributed by atoms with Gasteiger partial charge < -0.3 is 5.32 Å². The van der Waals surface area contributed by atoms with Gasteiger partial charge in [-0.25, -0.2) is 0 Å². The van der Waals surface area contributed by atoms with Crippen LogP contribution in [0.2, 0.25) is 0 Å². The van der Waals surface area contributed by atoms with Gasteiger partial charge in [-0.15, -0.1) is 0 Å². The summed E-state index contributed by atoms with van der Waals surface area (Å²) in [6.45, 7) is 2.46. The summed E-state index contributed by atoms with van der Waals surface area (Å²) < 4.78 is 0. The molecule has 0 radical (unpaired) electrons. The molecule has 1 nitrogen and oxygen atoms in total. The summed E-state index contributed by atoms with van der Waals surface area (Å²) in [5.74, 6) is 2.91. The lowest BCUT2D eigenvalue weighted by molar-refractivity contribution is 0.320. The number of para-hydroxylation sites is 1. The largest absolute Gasteiger partial charge is 0.382 e. The summed E-state index contributed by atoms with van der Waals surface area (Å²) in [6, 6.07) is 11.4. The molecule has 0 spiro atoms. The number of hydrogen-bond donors (Lipinski definition) is 1. The van der Waals surface area contributed by atoms with Crippen LogP contribution in [0.1, 0.15) is 51.9 Å². The summed E-state index contributed by atoms with van der Waals surface area (Å²) >= 11 is 0. The fourth-order valence-electron chi connectivity index (χ4n) is 4.23. The van der Waals surface area contributed by atoms with Crippen molar-refractivity contribution in [1.82, 2.24) is 0 Å². The summed E-state index contributed by atoms with van der Waals surface area (Å²) in [6.07, 6.45) is 10.2. The van der Waals surface area contributed by atoms with Gasteiger partial charge >= 0.3 is 0 Å². The third-order valence-corrected chi connectivity index (χ3v) is 5.30. The molecule has 1 heteroatoms. The molecule has 0 heterocycles. The molecule has 2 aliphatic rings. The molecule has 0 bridgehead atoms. The van der Waals surface area contributed by atoms with Crippen LogP contribution in [0.15, 0.2) is 30.3 Å². The van der Waals surface area contributed by atoms with Crippen molar-refractivity contribution in [3.8, 4) is 0 Å². The first-order chi connectivity index (χ1) is 9.31. The molecule has 0 saturated heterocycles. The van der Waals surface area contributed by atoms with E-state index in [1.54, 1.807) is 0 Å². The summed E-state index contributed by atoms with van der Waals surface area (Å²) in [5.41, 5.74) is 1.29. The van der Waals surface area contributed by atoms with Crippen molar-refractivity contribution in [2.45, 2.75) is 57.9 Å². The van der Waals surface area contributed by atoms with Crippen molar-refractivity contribution in [1.29, 1.82) is 0 Å². The molecule has 3 unspecified atom stereocenters. The molecule has 1 N–H and O–H groups in total. The molecule has 0 aliphatic heterocycles. The molecular formula is C18H27N. The van der Waals surface area contributed by atoms with E-state index in [2.05, 4.69) is 42.6 Å². The highest BCUT2D eigenvalue weighted by Gasteiger charge is 2.33. The average molecular weight is 257 g/mol. The predicted octanol–water partition coefficient (Wildman–Crippen LogP) is 5.09. The molecule has 1 aromatic carbocycles. The molecule has 2 fully saturated rings. The first-order valence-electron chi connectivity index (χ1n) is 8.13. The first kappa shape index (κ1) is 13.0. The van der Waals surface area contributed by atoms with Crippen LogP contribution in [-0.2, 0) is 0 Å². The molecular weight excluding hydrogens is 230 g/mol. The maximum Gasteiger partial charge on any atom is 0.0342 e. The molecule has 1 aromatic rings. The lowest BCUT2D eigenvalue weighted by atomic mass is 9.87. The minimum atomic E-state index is 0.698. The van der Waals surface area contributed by atoms with Crippen LogP contribution in [0.25, 0.3) is 0 Å². The summed E-state index contributed by atoms with van der Waals surface area (Å²) in [4.78, 5) is 0. The van der Waals surface area contributed by atoms with Gasteiger partial charge in [0.1, 0.15) is 0 Å². The standard InChI is InChI=1S/C18H27N/c1-14-11-18(19-17-9-3-2-4-10-17)13-16(14)12-15-7-5-6-8-15/h2-4,9-10,14-16,18-19H,5-8,11-13H2,1H3. The molecule has 19 heavy (non-hydrogen) atoms. The number of benzene rings is 1. The molecule has 2 aliphatic carbocycles. The van der Waals surface area contributed by atoms with Crippen LogP contribution in [0.3, 0.4) is 0 Å². The van der Waals surface area contributed by atoms with Crippen LogP contribution in [0, 0.1) is 17.8 Å². The van der Waals surface area contributed by atoms with Gasteiger partial charge in [-0.05, 0) is 49.1 Å². The zero-order chi connectivity index (χ0) is 13.1. The third-order valence-electron chi connectivity index (χ3n) is 5.30. The second kappa shape index (κ2) is 5.98. The lowest BCUT2D eigenvalue weighted by Gasteiger charge is -2.19. The highest BCUT2D eigenvalue weighted by atomic mass is 14.9. The quantitative estimate of drug-likeness (QED) is 0.792. The maximum absolute atomic E-state index is 3.73. The van der Waals surface area contributed by atoms with Gasteiger partial charge in [-0.2, -0.15) is 0 Å². The molecule has 104 valence electrons. The van der Waals surface area contributed by atoms with E-state index in [9.17, 15) is 0 Å². The van der Waals surface area contributed by atoms with Crippen LogP contribution in [0.5, 0.6) is 0 Å². The van der Waals surface area contributed by atoms with Crippen LogP contribution in [-0.4, -0.2) is 6.04 Å². The SMILES string of the molecule is CC1CC(Nc2ccccc2)CC1CC1CCCC1. The van der Waals surface area contributed by atoms with Gasteiger partial charge in [0.25, 0.3) is 0 Å². The first-order valence-corrected chi connectivity index (χ1v) is 8.13. The van der Waals surface area contributed by atoms with Crippen molar-refractivity contribution in [2.75, 3.05) is 5.32 Å². The van der Waals surface area contributed by atoms with Gasteiger partial charge in [0.15, 0.2) is 0 Å². The normalized spacial score (nSPS) is 31.7. The van der Waals surface area contributed by atoms with Gasteiger partial charge in [-0.1, -0.05) is 50.8 Å². The smallest absolute Gasteiger partial charge is 0.0342 e. The Bertz CT molecular complexity index is 380. The average Bonchev–Trinajstić information content (AvgIpc) is 3.02. The van der Waals surface area contributed by atoms with Gasteiger partial charge in [0.2, 0.25) is 0 Å². The minimum absolute atomic E-state index is 0.698. The maximum atomic E-state index is 3.73. The topological polar surface area (TPSA) is 12.0 Å². The van der Waals surface area contributed by atoms with Crippen molar-refractivity contribution in [2.24, 2.45) is 17.8 Å². The fourth-order valence-corrected chi connectivity index (χ4v) is 4.23. The van der Waals surface area contributed by atoms with E-state index in [4.69, 9.17) is 0 Å². The van der Waals surface area contributed by atoms with Crippen LogP contribution >= 0.6 is 0 Å². The predicted molar refractivity (Wildman–Crippen MR) is 82.3 cm³/mol. The minimum Gasteiger partial charge on any atom is -0.382 e. The van der Waals surface area contributed by atoms with Crippen LogP contribution in [0.4, 0.5) is 5.69 Å². The van der Waals surface area contributed by atoms with Crippen molar-refractivity contribution < 1.29 is 0 Å². The monoisotopic (exact) mass is 257 g/mol. The Kier molecular flexibility index (Phi) is 4.10. The van der Waals surface area contributed by atoms with Crippen molar-refractivity contribution in [3.63, 3.8) is 0 Å². The summed E-state index contributed by atoms with van der Waals surface area (Å²) in [5, 5.41) is 3.73. The van der Waals surface area contributed by atoms with Gasteiger partial charge in [0, 0.05) is 11.7 Å². The Hall–Kier alpha value is -0.980. The molecule has 3 rings (SSSR count). The Balaban J connectivity index is 1.52. The van der Waals surface area contributed by atoms with Crippen molar-refractivity contribution in [3.05, 3.63) is 30.3 Å².